The van der Waals surface area contributed by atoms with Crippen LogP contribution in [0, 0.1) is 10.1 Å². The van der Waals surface area contributed by atoms with Gasteiger partial charge in [0.25, 0.3) is 5.69 Å². The van der Waals surface area contributed by atoms with E-state index in [1.165, 1.54) is 18.9 Å². The fraction of sp³-hybridized carbons (Fsp3) is 0.600. The lowest BCUT2D eigenvalue weighted by Gasteiger charge is -2.20. The first-order valence-electron chi connectivity index (χ1n) is 7.29. The third-order valence-corrected chi connectivity index (χ3v) is 3.92. The molecule has 0 aromatic heterocycles. The molecule has 1 aromatic rings. The molecule has 0 bridgehead atoms. The van der Waals surface area contributed by atoms with Gasteiger partial charge in [0.2, 0.25) is 0 Å². The van der Waals surface area contributed by atoms with Crippen molar-refractivity contribution in [3.63, 3.8) is 0 Å². The Kier molecular flexibility index (Phi) is 5.09. The van der Waals surface area contributed by atoms with Gasteiger partial charge in [-0.15, -0.1) is 0 Å². The van der Waals surface area contributed by atoms with Crippen molar-refractivity contribution in [2.45, 2.75) is 38.3 Å². The fourth-order valence-electron chi connectivity index (χ4n) is 2.47. The minimum atomic E-state index is -0.336. The van der Waals surface area contributed by atoms with E-state index in [0.717, 1.165) is 31.1 Å². The minimum Gasteiger partial charge on any atom is -0.309 e. The zero-order valence-corrected chi connectivity index (χ0v) is 12.2. The highest BCUT2D eigenvalue weighted by molar-refractivity contribution is 5.35. The van der Waals surface area contributed by atoms with Gasteiger partial charge in [0.15, 0.2) is 0 Å². The van der Waals surface area contributed by atoms with Gasteiger partial charge in [-0.3, -0.25) is 10.1 Å². The smallest absolute Gasteiger partial charge is 0.269 e. The molecule has 1 aliphatic rings. The van der Waals surface area contributed by atoms with Crippen molar-refractivity contribution in [2.24, 2.45) is 0 Å². The van der Waals surface area contributed by atoms with Crippen LogP contribution in [0.3, 0.4) is 0 Å². The zero-order chi connectivity index (χ0) is 14.5. The first-order valence-corrected chi connectivity index (χ1v) is 7.29. The first-order chi connectivity index (χ1) is 9.61. The van der Waals surface area contributed by atoms with E-state index in [4.69, 9.17) is 0 Å². The molecule has 1 atom stereocenters. The van der Waals surface area contributed by atoms with Crippen LogP contribution in [0.1, 0.15) is 37.8 Å². The molecule has 1 aliphatic carbocycles. The second-order valence-corrected chi connectivity index (χ2v) is 5.48. The number of hydrogen-bond acceptors (Lipinski definition) is 4. The Labute approximate surface area is 120 Å². The largest absolute Gasteiger partial charge is 0.309 e. The lowest BCUT2D eigenvalue weighted by atomic mass is 10.0. The molecule has 110 valence electrons. The van der Waals surface area contributed by atoms with Gasteiger partial charge in [0.05, 0.1) is 4.92 Å². The second-order valence-electron chi connectivity index (χ2n) is 5.48. The van der Waals surface area contributed by atoms with Crippen LogP contribution >= 0.6 is 0 Å². The number of rotatable bonds is 8. The lowest BCUT2D eigenvalue weighted by Crippen LogP contribution is -2.32. The molecule has 0 heterocycles. The SMILES string of the molecule is CCC(NCCN(C)C1CC1)c1cccc([N+](=O)[O-])c1. The molecule has 1 aromatic carbocycles. The van der Waals surface area contributed by atoms with E-state index < -0.39 is 0 Å². The van der Waals surface area contributed by atoms with E-state index in [1.54, 1.807) is 12.1 Å². The van der Waals surface area contributed by atoms with E-state index in [9.17, 15) is 10.1 Å². The Hall–Kier alpha value is -1.46. The Morgan fingerprint density at radius 1 is 1.50 bits per heavy atom. The zero-order valence-electron chi connectivity index (χ0n) is 12.2. The molecule has 1 saturated carbocycles. The Morgan fingerprint density at radius 2 is 2.25 bits per heavy atom. The molecular formula is C15H23N3O2. The lowest BCUT2D eigenvalue weighted by molar-refractivity contribution is -0.384. The highest BCUT2D eigenvalue weighted by atomic mass is 16.6. The summed E-state index contributed by atoms with van der Waals surface area (Å²) in [4.78, 5) is 12.9. The quantitative estimate of drug-likeness (QED) is 0.586. The molecule has 0 amide bonds. The van der Waals surface area contributed by atoms with E-state index in [1.807, 2.05) is 6.07 Å². The van der Waals surface area contributed by atoms with E-state index in [0.29, 0.717) is 0 Å². The van der Waals surface area contributed by atoms with Gasteiger partial charge in [0, 0.05) is 37.3 Å². The third-order valence-electron chi connectivity index (χ3n) is 3.92. The van der Waals surface area contributed by atoms with Crippen LogP contribution in [-0.4, -0.2) is 36.0 Å². The molecular weight excluding hydrogens is 254 g/mol. The van der Waals surface area contributed by atoms with Gasteiger partial charge in [-0.1, -0.05) is 19.1 Å². The fourth-order valence-corrected chi connectivity index (χ4v) is 2.47. The summed E-state index contributed by atoms with van der Waals surface area (Å²) < 4.78 is 0. The van der Waals surface area contributed by atoms with Gasteiger partial charge in [-0.25, -0.2) is 0 Å². The van der Waals surface area contributed by atoms with Gasteiger partial charge in [0.1, 0.15) is 0 Å². The van der Waals surface area contributed by atoms with E-state index >= 15 is 0 Å². The second kappa shape index (κ2) is 6.81. The average Bonchev–Trinajstić information content (AvgIpc) is 3.28. The monoisotopic (exact) mass is 277 g/mol. The van der Waals surface area contributed by atoms with E-state index in [-0.39, 0.29) is 16.7 Å². The Morgan fingerprint density at radius 3 is 2.85 bits per heavy atom. The van der Waals surface area contributed by atoms with Gasteiger partial charge in [-0.2, -0.15) is 0 Å². The van der Waals surface area contributed by atoms with Crippen LogP contribution < -0.4 is 5.32 Å². The summed E-state index contributed by atoms with van der Waals surface area (Å²) in [6.45, 7) is 4.03. The number of nitro benzene ring substituents is 1. The maximum atomic E-state index is 10.8. The normalized spacial score (nSPS) is 16.4. The summed E-state index contributed by atoms with van der Waals surface area (Å²) in [5.74, 6) is 0. The minimum absolute atomic E-state index is 0.165. The van der Waals surface area contributed by atoms with Crippen LogP contribution in [0.15, 0.2) is 24.3 Å². The van der Waals surface area contributed by atoms with Crippen LogP contribution in [0.4, 0.5) is 5.69 Å². The molecule has 5 nitrogen and oxygen atoms in total. The summed E-state index contributed by atoms with van der Waals surface area (Å²) in [7, 11) is 2.16. The van der Waals surface area contributed by atoms with Crippen molar-refractivity contribution in [1.29, 1.82) is 0 Å². The number of nitrogens with zero attached hydrogens (tertiary/aromatic N) is 2. The van der Waals surface area contributed by atoms with Crippen molar-refractivity contribution in [3.05, 3.63) is 39.9 Å². The predicted octanol–water partition coefficient (Wildman–Crippen LogP) is 2.73. The predicted molar refractivity (Wildman–Crippen MR) is 79.8 cm³/mol. The molecule has 2 rings (SSSR count). The average molecular weight is 277 g/mol. The Balaban J connectivity index is 1.89. The molecule has 0 saturated heterocycles. The maximum Gasteiger partial charge on any atom is 0.269 e. The molecule has 1 unspecified atom stereocenters. The topological polar surface area (TPSA) is 58.4 Å². The number of likely N-dealkylation sites (N-methyl/N-ethyl adjacent to an activating group) is 1. The van der Waals surface area contributed by atoms with Crippen LogP contribution in [-0.2, 0) is 0 Å². The molecule has 1 N–H and O–H groups in total. The van der Waals surface area contributed by atoms with Crippen molar-refractivity contribution in [3.8, 4) is 0 Å². The van der Waals surface area contributed by atoms with Crippen molar-refractivity contribution >= 4 is 5.69 Å². The maximum absolute atomic E-state index is 10.8. The summed E-state index contributed by atoms with van der Waals surface area (Å²) >= 11 is 0. The molecule has 5 heteroatoms. The van der Waals surface area contributed by atoms with Gasteiger partial charge in [-0.05, 0) is 31.9 Å². The van der Waals surface area contributed by atoms with Crippen molar-refractivity contribution in [2.75, 3.05) is 20.1 Å². The summed E-state index contributed by atoms with van der Waals surface area (Å²) in [5, 5.41) is 14.3. The standard InChI is InChI=1S/C15H23N3O2/c1-3-15(16-9-10-17(2)13-7-8-13)12-5-4-6-14(11-12)18(19)20/h4-6,11,13,15-16H,3,7-10H2,1-2H3. The molecule has 20 heavy (non-hydrogen) atoms. The summed E-state index contributed by atoms with van der Waals surface area (Å²) in [6, 6.07) is 7.88. The van der Waals surface area contributed by atoms with Gasteiger partial charge < -0.3 is 10.2 Å². The van der Waals surface area contributed by atoms with Crippen molar-refractivity contribution in [1.82, 2.24) is 10.2 Å². The molecule has 0 aliphatic heterocycles. The first kappa shape index (κ1) is 14.9. The number of non-ortho nitro benzene ring substituents is 1. The highest BCUT2D eigenvalue weighted by Gasteiger charge is 2.25. The van der Waals surface area contributed by atoms with Gasteiger partial charge >= 0.3 is 0 Å². The van der Waals surface area contributed by atoms with E-state index in [2.05, 4.69) is 24.2 Å². The van der Waals surface area contributed by atoms with Crippen molar-refractivity contribution < 1.29 is 4.92 Å². The highest BCUT2D eigenvalue weighted by Crippen LogP contribution is 2.25. The summed E-state index contributed by atoms with van der Waals surface area (Å²) in [6.07, 6.45) is 3.56. The number of nitrogens with one attached hydrogen (secondary N) is 1. The molecule has 1 fully saturated rings. The number of nitro groups is 1. The van der Waals surface area contributed by atoms with Crippen LogP contribution in [0.25, 0.3) is 0 Å². The summed E-state index contributed by atoms with van der Waals surface area (Å²) in [5.41, 5.74) is 1.16. The third kappa shape index (κ3) is 4.02. The molecule has 0 radical (unpaired) electrons. The number of hydrogen-bond donors (Lipinski definition) is 1. The number of benzene rings is 1. The Bertz CT molecular complexity index is 460. The molecule has 0 spiro atoms. The van der Waals surface area contributed by atoms with Crippen LogP contribution in [0.2, 0.25) is 0 Å². The van der Waals surface area contributed by atoms with Crippen LogP contribution in [0.5, 0.6) is 0 Å².